The molecule has 0 aliphatic carbocycles. The maximum atomic E-state index is 13.0. The Hall–Kier alpha value is -2.09. The molecule has 1 heterocycles. The predicted molar refractivity (Wildman–Crippen MR) is 91.5 cm³/mol. The van der Waals surface area contributed by atoms with Crippen LogP contribution in [0.3, 0.4) is 0 Å². The van der Waals surface area contributed by atoms with Crippen LogP contribution in [-0.2, 0) is 25.6 Å². The summed E-state index contributed by atoms with van der Waals surface area (Å²) in [7, 11) is 1.47. The second-order valence-electron chi connectivity index (χ2n) is 5.58. The largest absolute Gasteiger partial charge is 0.416 e. The number of nitrogens with one attached hydrogen (secondary N) is 1. The van der Waals surface area contributed by atoms with E-state index in [4.69, 9.17) is 0 Å². The van der Waals surface area contributed by atoms with Gasteiger partial charge in [0.05, 0.1) is 16.3 Å². The Balaban J connectivity index is 1.88. The van der Waals surface area contributed by atoms with E-state index in [-0.39, 0.29) is 12.1 Å². The molecule has 4 nitrogen and oxygen atoms in total. The molecular weight excluding hydrogens is 351 g/mol. The molecule has 25 heavy (non-hydrogen) atoms. The Bertz CT molecular complexity index is 715. The Kier molecular flexibility index (Phi) is 6.41. The van der Waals surface area contributed by atoms with Crippen molar-refractivity contribution in [3.63, 3.8) is 0 Å². The smallest absolute Gasteiger partial charge is 0.338 e. The molecule has 1 aromatic heterocycles. The molecule has 0 aliphatic rings. The molecule has 0 unspecified atom stereocenters. The number of amides is 2. The lowest BCUT2D eigenvalue weighted by atomic mass is 10.1. The quantitative estimate of drug-likeness (QED) is 0.831. The summed E-state index contributed by atoms with van der Waals surface area (Å²) in [5.41, 5.74) is 0.260. The topological polar surface area (TPSA) is 45.2 Å². The van der Waals surface area contributed by atoms with Gasteiger partial charge in [-0.2, -0.15) is 13.2 Å². The number of hydrogen-bond acceptors (Lipinski definition) is 3. The zero-order valence-corrected chi connectivity index (χ0v) is 14.9. The maximum absolute atomic E-state index is 13.0. The minimum atomic E-state index is -4.44. The van der Waals surface area contributed by atoms with Gasteiger partial charge in [0, 0.05) is 31.9 Å². The number of carbonyl (C=O) groups is 1. The van der Waals surface area contributed by atoms with Crippen LogP contribution < -0.4 is 5.32 Å². The number of urea groups is 1. The lowest BCUT2D eigenvalue weighted by molar-refractivity contribution is -0.138. The van der Waals surface area contributed by atoms with E-state index < -0.39 is 17.8 Å². The van der Waals surface area contributed by atoms with Gasteiger partial charge in [0.25, 0.3) is 0 Å². The second-order valence-corrected chi connectivity index (χ2v) is 6.52. The molecule has 0 spiro atoms. The molecule has 2 aromatic rings. The van der Waals surface area contributed by atoms with Crippen LogP contribution in [0.2, 0.25) is 0 Å². The van der Waals surface area contributed by atoms with Gasteiger partial charge in [-0.1, -0.05) is 25.1 Å². The Morgan fingerprint density at radius 2 is 2.04 bits per heavy atom. The van der Waals surface area contributed by atoms with Crippen molar-refractivity contribution < 1.29 is 18.0 Å². The first-order valence-corrected chi connectivity index (χ1v) is 8.76. The molecule has 0 saturated heterocycles. The summed E-state index contributed by atoms with van der Waals surface area (Å²) in [6, 6.07) is 4.86. The zero-order valence-electron chi connectivity index (χ0n) is 14.1. The van der Waals surface area contributed by atoms with Gasteiger partial charge in [-0.05, 0) is 18.1 Å². The van der Waals surface area contributed by atoms with E-state index in [0.717, 1.165) is 23.2 Å². The van der Waals surface area contributed by atoms with E-state index >= 15 is 0 Å². The van der Waals surface area contributed by atoms with E-state index in [9.17, 15) is 18.0 Å². The number of alkyl halides is 3. The van der Waals surface area contributed by atoms with Crippen molar-refractivity contribution in [1.29, 1.82) is 0 Å². The van der Waals surface area contributed by atoms with E-state index in [1.165, 1.54) is 30.1 Å². The number of carbonyl (C=O) groups excluding carboxylic acids is 1. The van der Waals surface area contributed by atoms with Gasteiger partial charge in [-0.15, -0.1) is 11.3 Å². The van der Waals surface area contributed by atoms with Crippen LogP contribution in [0.15, 0.2) is 29.6 Å². The van der Waals surface area contributed by atoms with Crippen LogP contribution in [0.4, 0.5) is 18.0 Å². The molecule has 8 heteroatoms. The van der Waals surface area contributed by atoms with Gasteiger partial charge >= 0.3 is 12.2 Å². The van der Waals surface area contributed by atoms with E-state index in [1.807, 2.05) is 12.3 Å². The molecule has 2 rings (SSSR count). The Labute approximate surface area is 148 Å². The van der Waals surface area contributed by atoms with Gasteiger partial charge in [-0.25, -0.2) is 9.78 Å². The summed E-state index contributed by atoms with van der Waals surface area (Å²) in [6.45, 7) is 2.30. The molecule has 0 bridgehead atoms. The second kappa shape index (κ2) is 8.33. The summed E-state index contributed by atoms with van der Waals surface area (Å²) < 4.78 is 39.0. The highest BCUT2D eigenvalue weighted by Crippen LogP contribution is 2.32. The molecule has 0 fully saturated rings. The van der Waals surface area contributed by atoms with Crippen LogP contribution in [0.1, 0.15) is 28.8 Å². The van der Waals surface area contributed by atoms with Crippen LogP contribution in [0.5, 0.6) is 0 Å². The third-order valence-electron chi connectivity index (χ3n) is 3.64. The lowest BCUT2D eigenvalue weighted by Crippen LogP contribution is -2.38. The molecule has 2 amide bonds. The minimum absolute atomic E-state index is 0.0692. The number of thiazole rings is 1. The predicted octanol–water partition coefficient (Wildman–Crippen LogP) is 4.11. The molecule has 1 N–H and O–H groups in total. The minimum Gasteiger partial charge on any atom is -0.338 e. The first-order valence-electron chi connectivity index (χ1n) is 7.88. The third kappa shape index (κ3) is 5.45. The van der Waals surface area contributed by atoms with Crippen molar-refractivity contribution in [2.24, 2.45) is 0 Å². The molecule has 0 atom stereocenters. The number of nitrogens with zero attached hydrogens (tertiary/aromatic N) is 2. The first kappa shape index (κ1) is 19.2. The van der Waals surface area contributed by atoms with Gasteiger partial charge in [-0.3, -0.25) is 0 Å². The van der Waals surface area contributed by atoms with E-state index in [0.29, 0.717) is 13.0 Å². The van der Waals surface area contributed by atoms with Crippen molar-refractivity contribution in [1.82, 2.24) is 15.2 Å². The summed E-state index contributed by atoms with van der Waals surface area (Å²) in [6.07, 6.45) is -2.97. The van der Waals surface area contributed by atoms with Crippen LogP contribution in [-0.4, -0.2) is 29.5 Å². The average molecular weight is 371 g/mol. The highest BCUT2D eigenvalue weighted by molar-refractivity contribution is 7.09. The van der Waals surface area contributed by atoms with Gasteiger partial charge in [0.2, 0.25) is 0 Å². The molecule has 0 radical (unpaired) electrons. The fourth-order valence-electron chi connectivity index (χ4n) is 2.32. The lowest BCUT2D eigenvalue weighted by Gasteiger charge is -2.20. The van der Waals surface area contributed by atoms with Gasteiger partial charge in [0.1, 0.15) is 0 Å². The normalized spacial score (nSPS) is 11.4. The fourth-order valence-corrected chi connectivity index (χ4v) is 3.10. The Morgan fingerprint density at radius 1 is 1.32 bits per heavy atom. The fraction of sp³-hybridized carbons (Fsp3) is 0.412. The maximum Gasteiger partial charge on any atom is 0.416 e. The van der Waals surface area contributed by atoms with Crippen molar-refractivity contribution in [3.8, 4) is 0 Å². The van der Waals surface area contributed by atoms with Crippen LogP contribution >= 0.6 is 11.3 Å². The van der Waals surface area contributed by atoms with Crippen molar-refractivity contribution >= 4 is 17.4 Å². The highest BCUT2D eigenvalue weighted by Gasteiger charge is 2.33. The van der Waals surface area contributed by atoms with E-state index in [2.05, 4.69) is 10.3 Å². The highest BCUT2D eigenvalue weighted by atomic mass is 32.1. The monoisotopic (exact) mass is 371 g/mol. The number of aryl methyl sites for hydroxylation is 1. The number of benzene rings is 1. The summed E-state index contributed by atoms with van der Waals surface area (Å²) in [4.78, 5) is 17.7. The van der Waals surface area contributed by atoms with Gasteiger partial charge in [0.15, 0.2) is 0 Å². The van der Waals surface area contributed by atoms with Crippen molar-refractivity contribution in [2.45, 2.75) is 32.5 Å². The number of aromatic nitrogens is 1. The Morgan fingerprint density at radius 3 is 2.68 bits per heavy atom. The molecular formula is C17H20F3N3OS. The van der Waals surface area contributed by atoms with Crippen molar-refractivity contribution in [2.75, 3.05) is 13.6 Å². The summed E-state index contributed by atoms with van der Waals surface area (Å²) in [5, 5.41) is 5.70. The average Bonchev–Trinajstić information content (AvgIpc) is 3.02. The molecule has 136 valence electrons. The summed E-state index contributed by atoms with van der Waals surface area (Å²) in [5.74, 6) is 0. The first-order chi connectivity index (χ1) is 11.8. The van der Waals surface area contributed by atoms with Crippen LogP contribution in [0.25, 0.3) is 0 Å². The van der Waals surface area contributed by atoms with Crippen molar-refractivity contribution in [3.05, 3.63) is 51.5 Å². The number of rotatable bonds is 6. The van der Waals surface area contributed by atoms with Gasteiger partial charge < -0.3 is 10.2 Å². The number of halogens is 3. The summed E-state index contributed by atoms with van der Waals surface area (Å²) >= 11 is 1.58. The molecule has 1 aromatic carbocycles. The van der Waals surface area contributed by atoms with E-state index in [1.54, 1.807) is 11.3 Å². The standard InChI is InChI=1S/C17H20F3N3OS/c1-3-15-22-13(11-25-15)8-9-21-16(24)23(2)10-12-6-4-5-7-14(12)17(18,19)20/h4-7,11H,3,8-10H2,1-2H3,(H,21,24). The molecule has 0 aliphatic heterocycles. The SMILES string of the molecule is CCc1nc(CCNC(=O)N(C)Cc2ccccc2C(F)(F)F)cs1. The number of hydrogen-bond donors (Lipinski definition) is 1. The zero-order chi connectivity index (χ0) is 18.4. The van der Waals surface area contributed by atoms with Crippen LogP contribution in [0, 0.1) is 0 Å². The third-order valence-corrected chi connectivity index (χ3v) is 4.68. The molecule has 0 saturated carbocycles.